The molecular weight excluding hydrogens is 396 g/mol. The number of benzene rings is 2. The summed E-state index contributed by atoms with van der Waals surface area (Å²) in [5.74, 6) is -1.45. The second-order valence-corrected chi connectivity index (χ2v) is 8.16. The van der Waals surface area contributed by atoms with Gasteiger partial charge in [0.05, 0.1) is 0 Å². The van der Waals surface area contributed by atoms with Crippen LogP contribution in [0.15, 0.2) is 73.8 Å². The first-order valence-corrected chi connectivity index (χ1v) is 10.4. The zero-order valence-corrected chi connectivity index (χ0v) is 17.6. The summed E-state index contributed by atoms with van der Waals surface area (Å²) in [6.07, 6.45) is 5.77. The van der Waals surface area contributed by atoms with E-state index in [9.17, 15) is 13.6 Å². The molecule has 3 rings (SSSR count). The van der Waals surface area contributed by atoms with Crippen molar-refractivity contribution in [1.29, 1.82) is 0 Å². The van der Waals surface area contributed by atoms with Gasteiger partial charge in [-0.1, -0.05) is 42.8 Å². The van der Waals surface area contributed by atoms with Crippen molar-refractivity contribution in [3.05, 3.63) is 96.6 Å². The van der Waals surface area contributed by atoms with Gasteiger partial charge in [-0.05, 0) is 48.2 Å². The monoisotopic (exact) mass is 425 g/mol. The van der Waals surface area contributed by atoms with E-state index >= 15 is 0 Å². The molecule has 1 aliphatic rings. The molecular formula is C25H29F2N3O. The number of halogens is 2. The summed E-state index contributed by atoms with van der Waals surface area (Å²) in [5, 5.41) is 0. The maximum Gasteiger partial charge on any atom is 0.229 e. The van der Waals surface area contributed by atoms with Crippen molar-refractivity contribution in [2.75, 3.05) is 0 Å². The Labute approximate surface area is 182 Å². The Hall–Kier alpha value is -2.83. The van der Waals surface area contributed by atoms with E-state index in [1.54, 1.807) is 24.3 Å². The van der Waals surface area contributed by atoms with Crippen molar-refractivity contribution in [2.24, 2.45) is 17.4 Å². The molecule has 4 N–H and O–H groups in total. The molecule has 0 spiro atoms. The zero-order valence-electron chi connectivity index (χ0n) is 17.6. The summed E-state index contributed by atoms with van der Waals surface area (Å²) in [5.41, 5.74) is 11.6. The second-order valence-electron chi connectivity index (χ2n) is 8.16. The van der Waals surface area contributed by atoms with Gasteiger partial charge in [0.25, 0.3) is 0 Å². The molecule has 4 nitrogen and oxygen atoms in total. The lowest BCUT2D eigenvalue weighted by Crippen LogP contribution is -2.68. The predicted molar refractivity (Wildman–Crippen MR) is 118 cm³/mol. The molecule has 0 bridgehead atoms. The van der Waals surface area contributed by atoms with E-state index < -0.39 is 23.0 Å². The minimum atomic E-state index is -1.50. The Bertz CT molecular complexity index is 909. The van der Waals surface area contributed by atoms with E-state index in [0.29, 0.717) is 11.1 Å². The number of carbonyl (C=O) groups excluding carboxylic acids is 1. The van der Waals surface area contributed by atoms with Crippen LogP contribution >= 0.6 is 0 Å². The molecule has 0 radical (unpaired) electrons. The number of rotatable bonds is 9. The van der Waals surface area contributed by atoms with Crippen molar-refractivity contribution in [2.45, 2.75) is 43.4 Å². The highest BCUT2D eigenvalue weighted by atomic mass is 19.1. The predicted octanol–water partition coefficient (Wildman–Crippen LogP) is 4.67. The van der Waals surface area contributed by atoms with E-state index in [1.165, 1.54) is 41.3 Å². The van der Waals surface area contributed by atoms with E-state index in [0.717, 1.165) is 19.3 Å². The van der Waals surface area contributed by atoms with Crippen LogP contribution in [-0.4, -0.2) is 10.8 Å². The quantitative estimate of drug-likeness (QED) is 0.453. The molecule has 1 amide bonds. The largest absolute Gasteiger partial charge is 0.304 e. The zero-order chi connectivity index (χ0) is 22.6. The standard InChI is InChI=1S/C25H29F2N3O/c1-3-14-24(28,19-10-6-12-21(26)16-19)30(23(31)18-8-5-9-18)25(29,15-4-2)20-11-7-13-22(27)17-20/h3-4,6-7,10-13,16-18H,1-2,5,8-9,14-15,28-29H2. The molecule has 6 heteroatoms. The SMILES string of the molecule is C=CCC(N)(c1cccc(F)c1)N(C(=O)C1CCC1)C(N)(CC=C)c1cccc(F)c1. The molecule has 1 aliphatic carbocycles. The second kappa shape index (κ2) is 9.12. The van der Waals surface area contributed by atoms with Crippen molar-refractivity contribution in [3.63, 3.8) is 0 Å². The molecule has 2 unspecified atom stereocenters. The average molecular weight is 426 g/mol. The summed E-state index contributed by atoms with van der Waals surface area (Å²) in [4.78, 5) is 15.2. The number of amides is 1. The molecule has 2 aromatic rings. The minimum Gasteiger partial charge on any atom is -0.304 e. The lowest BCUT2D eigenvalue weighted by atomic mass is 9.80. The van der Waals surface area contributed by atoms with Crippen LogP contribution in [0.3, 0.4) is 0 Å². The Kier molecular flexibility index (Phi) is 6.72. The first-order valence-electron chi connectivity index (χ1n) is 10.4. The highest BCUT2D eigenvalue weighted by Crippen LogP contribution is 2.42. The molecule has 2 aromatic carbocycles. The normalized spacial score (nSPS) is 17.7. The first-order chi connectivity index (χ1) is 14.8. The molecule has 0 aliphatic heterocycles. The van der Waals surface area contributed by atoms with Gasteiger partial charge in [0.15, 0.2) is 0 Å². The van der Waals surface area contributed by atoms with Crippen LogP contribution in [0, 0.1) is 17.6 Å². The van der Waals surface area contributed by atoms with Gasteiger partial charge >= 0.3 is 0 Å². The summed E-state index contributed by atoms with van der Waals surface area (Å²) >= 11 is 0. The lowest BCUT2D eigenvalue weighted by Gasteiger charge is -2.53. The molecule has 1 saturated carbocycles. The molecule has 1 fully saturated rings. The van der Waals surface area contributed by atoms with Crippen LogP contribution in [0.25, 0.3) is 0 Å². The summed E-state index contributed by atoms with van der Waals surface area (Å²) in [6.45, 7) is 7.59. The first kappa shape index (κ1) is 22.8. The van der Waals surface area contributed by atoms with E-state index in [2.05, 4.69) is 13.2 Å². The maximum absolute atomic E-state index is 14.2. The molecule has 164 valence electrons. The minimum absolute atomic E-state index is 0.125. The maximum atomic E-state index is 14.2. The van der Waals surface area contributed by atoms with E-state index in [4.69, 9.17) is 11.5 Å². The van der Waals surface area contributed by atoms with Crippen molar-refractivity contribution in [3.8, 4) is 0 Å². The van der Waals surface area contributed by atoms with Gasteiger partial charge in [-0.3, -0.25) is 9.69 Å². The number of carbonyl (C=O) groups is 1. The Morgan fingerprint density at radius 1 is 0.968 bits per heavy atom. The van der Waals surface area contributed by atoms with Gasteiger partial charge in [0.1, 0.15) is 23.0 Å². The van der Waals surface area contributed by atoms with Crippen LogP contribution in [0.5, 0.6) is 0 Å². The van der Waals surface area contributed by atoms with Crippen molar-refractivity contribution < 1.29 is 13.6 Å². The van der Waals surface area contributed by atoms with Crippen LogP contribution in [0.4, 0.5) is 8.78 Å². The highest BCUT2D eigenvalue weighted by molar-refractivity contribution is 5.81. The summed E-state index contributed by atoms with van der Waals surface area (Å²) in [7, 11) is 0. The van der Waals surface area contributed by atoms with Crippen molar-refractivity contribution >= 4 is 5.91 Å². The van der Waals surface area contributed by atoms with Crippen molar-refractivity contribution in [1.82, 2.24) is 4.90 Å². The highest BCUT2D eigenvalue weighted by Gasteiger charge is 2.50. The van der Waals surface area contributed by atoms with E-state index in [-0.39, 0.29) is 24.7 Å². The third kappa shape index (κ3) is 4.31. The van der Waals surface area contributed by atoms with Crippen LogP contribution in [-0.2, 0) is 16.1 Å². The van der Waals surface area contributed by atoms with Gasteiger partial charge in [-0.15, -0.1) is 13.2 Å². The van der Waals surface area contributed by atoms with Gasteiger partial charge < -0.3 is 11.5 Å². The van der Waals surface area contributed by atoms with Crippen LogP contribution < -0.4 is 11.5 Å². The molecule has 0 saturated heterocycles. The molecule has 0 heterocycles. The number of nitrogens with zero attached hydrogens (tertiary/aromatic N) is 1. The number of nitrogens with two attached hydrogens (primary N) is 2. The lowest BCUT2D eigenvalue weighted by molar-refractivity contribution is -0.157. The Balaban J connectivity index is 2.27. The smallest absolute Gasteiger partial charge is 0.229 e. The summed E-state index contributed by atoms with van der Waals surface area (Å²) < 4.78 is 28.4. The van der Waals surface area contributed by atoms with Crippen LogP contribution in [0.1, 0.15) is 43.2 Å². The Morgan fingerprint density at radius 3 is 1.74 bits per heavy atom. The molecule has 0 aromatic heterocycles. The number of hydrogen-bond acceptors (Lipinski definition) is 3. The third-order valence-corrected chi connectivity index (χ3v) is 6.03. The Morgan fingerprint density at radius 2 is 1.42 bits per heavy atom. The molecule has 2 atom stereocenters. The van der Waals surface area contributed by atoms with E-state index in [1.807, 2.05) is 0 Å². The fourth-order valence-corrected chi connectivity index (χ4v) is 4.22. The summed E-state index contributed by atoms with van der Waals surface area (Å²) in [6, 6.07) is 11.6. The molecule has 31 heavy (non-hydrogen) atoms. The third-order valence-electron chi connectivity index (χ3n) is 6.03. The van der Waals surface area contributed by atoms with Gasteiger partial charge in [-0.25, -0.2) is 8.78 Å². The van der Waals surface area contributed by atoms with Gasteiger partial charge in [-0.2, -0.15) is 0 Å². The fraction of sp³-hybridized carbons (Fsp3) is 0.320. The fourth-order valence-electron chi connectivity index (χ4n) is 4.22. The average Bonchev–Trinajstić information content (AvgIpc) is 2.67. The number of hydrogen-bond donors (Lipinski definition) is 2. The topological polar surface area (TPSA) is 72.3 Å². The van der Waals surface area contributed by atoms with Crippen LogP contribution in [0.2, 0.25) is 0 Å². The van der Waals surface area contributed by atoms with Gasteiger partial charge in [0.2, 0.25) is 5.91 Å². The van der Waals surface area contributed by atoms with Gasteiger partial charge in [0, 0.05) is 18.8 Å².